The average Bonchev–Trinajstić information content (AvgIpc) is 2.86. The molecule has 0 saturated carbocycles. The van der Waals surface area contributed by atoms with E-state index in [0.717, 1.165) is 5.57 Å². The standard InChI is InChI=1S/C14H21N3O3S/c1-10(2)11-4-5-13(3,8-12(11)17(19)20)21-14(9-18)15-6-7-16-14/h4-7,10,15-16,18H,8-9H2,1-3H3. The predicted octanol–water partition coefficient (Wildman–Crippen LogP) is 1.94. The Morgan fingerprint density at radius 2 is 2.10 bits per heavy atom. The average molecular weight is 311 g/mol. The Kier molecular flexibility index (Phi) is 4.34. The van der Waals surface area contributed by atoms with Gasteiger partial charge in [-0.15, -0.1) is 0 Å². The van der Waals surface area contributed by atoms with Crippen LogP contribution in [-0.2, 0) is 0 Å². The summed E-state index contributed by atoms with van der Waals surface area (Å²) in [5.41, 5.74) is 1.04. The van der Waals surface area contributed by atoms with Crippen LogP contribution < -0.4 is 10.6 Å². The lowest BCUT2D eigenvalue weighted by Crippen LogP contribution is -2.52. The third kappa shape index (κ3) is 3.24. The molecule has 3 N–H and O–H groups in total. The van der Waals surface area contributed by atoms with E-state index in [1.165, 1.54) is 11.8 Å². The first kappa shape index (κ1) is 15.9. The quantitative estimate of drug-likeness (QED) is 0.531. The number of rotatable bonds is 5. The maximum absolute atomic E-state index is 11.4. The molecule has 0 saturated heterocycles. The zero-order valence-corrected chi connectivity index (χ0v) is 13.2. The normalized spacial score (nSPS) is 26.9. The number of nitro groups is 1. The Balaban J connectivity index is 2.23. The molecular formula is C14H21N3O3S. The van der Waals surface area contributed by atoms with Gasteiger partial charge >= 0.3 is 0 Å². The summed E-state index contributed by atoms with van der Waals surface area (Å²) < 4.78 is -0.463. The number of aliphatic hydroxyl groups is 1. The van der Waals surface area contributed by atoms with Gasteiger partial charge < -0.3 is 15.7 Å². The van der Waals surface area contributed by atoms with E-state index in [9.17, 15) is 15.2 Å². The minimum absolute atomic E-state index is 0.118. The van der Waals surface area contributed by atoms with Crippen molar-refractivity contribution in [1.29, 1.82) is 0 Å². The monoisotopic (exact) mass is 311 g/mol. The minimum Gasteiger partial charge on any atom is -0.391 e. The van der Waals surface area contributed by atoms with Crippen molar-refractivity contribution < 1.29 is 10.0 Å². The van der Waals surface area contributed by atoms with Crippen molar-refractivity contribution in [2.45, 2.75) is 36.9 Å². The van der Waals surface area contributed by atoms with Crippen molar-refractivity contribution in [2.24, 2.45) is 5.92 Å². The lowest BCUT2D eigenvalue weighted by atomic mass is 9.89. The van der Waals surface area contributed by atoms with E-state index in [-0.39, 0.29) is 23.1 Å². The van der Waals surface area contributed by atoms with Gasteiger partial charge in [-0.1, -0.05) is 37.8 Å². The van der Waals surface area contributed by atoms with Gasteiger partial charge in [0.25, 0.3) is 5.70 Å². The molecule has 0 bridgehead atoms. The molecule has 0 radical (unpaired) electrons. The van der Waals surface area contributed by atoms with Gasteiger partial charge in [-0.2, -0.15) is 0 Å². The van der Waals surface area contributed by atoms with Gasteiger partial charge in [0.05, 0.1) is 18.0 Å². The molecule has 21 heavy (non-hydrogen) atoms. The van der Waals surface area contributed by atoms with E-state index in [1.54, 1.807) is 12.4 Å². The molecule has 6 nitrogen and oxygen atoms in total. The molecule has 1 atom stereocenters. The van der Waals surface area contributed by atoms with Crippen LogP contribution in [0.2, 0.25) is 0 Å². The molecule has 0 aromatic rings. The molecule has 0 amide bonds. The van der Waals surface area contributed by atoms with E-state index in [0.29, 0.717) is 6.42 Å². The fraction of sp³-hybridized carbons (Fsp3) is 0.571. The molecule has 0 aromatic carbocycles. The highest BCUT2D eigenvalue weighted by Gasteiger charge is 2.43. The van der Waals surface area contributed by atoms with E-state index < -0.39 is 9.74 Å². The van der Waals surface area contributed by atoms with Gasteiger partial charge in [-0.05, 0) is 12.8 Å². The highest BCUT2D eigenvalue weighted by Crippen LogP contribution is 2.44. The van der Waals surface area contributed by atoms with E-state index in [2.05, 4.69) is 10.6 Å². The molecular weight excluding hydrogens is 290 g/mol. The number of aliphatic hydroxyl groups excluding tert-OH is 1. The molecule has 1 aliphatic carbocycles. The van der Waals surface area contributed by atoms with Crippen LogP contribution in [0, 0.1) is 16.0 Å². The predicted molar refractivity (Wildman–Crippen MR) is 83.8 cm³/mol. The summed E-state index contributed by atoms with van der Waals surface area (Å²) in [6.45, 7) is 5.74. The van der Waals surface area contributed by atoms with Crippen LogP contribution in [0.1, 0.15) is 27.2 Å². The van der Waals surface area contributed by atoms with Crippen LogP contribution in [0.15, 0.2) is 35.8 Å². The number of thioether (sulfide) groups is 1. The number of nitrogens with one attached hydrogen (secondary N) is 2. The molecule has 2 aliphatic rings. The Morgan fingerprint density at radius 3 is 2.57 bits per heavy atom. The largest absolute Gasteiger partial charge is 0.391 e. The molecule has 1 aliphatic heterocycles. The third-order valence-electron chi connectivity index (χ3n) is 3.66. The highest BCUT2D eigenvalue weighted by atomic mass is 32.2. The highest BCUT2D eigenvalue weighted by molar-refractivity contribution is 8.02. The molecule has 7 heteroatoms. The first-order chi connectivity index (χ1) is 9.81. The first-order valence-corrected chi connectivity index (χ1v) is 7.71. The first-order valence-electron chi connectivity index (χ1n) is 6.89. The summed E-state index contributed by atoms with van der Waals surface area (Å²) in [7, 11) is 0. The third-order valence-corrected chi connectivity index (χ3v) is 5.12. The van der Waals surface area contributed by atoms with Crippen LogP contribution in [0.4, 0.5) is 0 Å². The van der Waals surface area contributed by atoms with Crippen LogP contribution >= 0.6 is 11.8 Å². The Hall–Kier alpha value is -1.47. The van der Waals surface area contributed by atoms with E-state index in [4.69, 9.17) is 0 Å². The molecule has 0 spiro atoms. The maximum atomic E-state index is 11.4. The summed E-state index contributed by atoms with van der Waals surface area (Å²) in [6.07, 6.45) is 7.64. The zero-order valence-electron chi connectivity index (χ0n) is 12.4. The van der Waals surface area contributed by atoms with Gasteiger partial charge in [0.15, 0.2) is 4.99 Å². The van der Waals surface area contributed by atoms with Crippen LogP contribution in [0.25, 0.3) is 0 Å². The zero-order chi connectivity index (χ0) is 15.7. The van der Waals surface area contributed by atoms with E-state index >= 15 is 0 Å². The van der Waals surface area contributed by atoms with Crippen molar-refractivity contribution in [1.82, 2.24) is 10.6 Å². The molecule has 1 unspecified atom stereocenters. The molecule has 0 aromatic heterocycles. The molecule has 1 heterocycles. The molecule has 116 valence electrons. The Bertz CT molecular complexity index is 520. The van der Waals surface area contributed by atoms with Crippen LogP contribution in [0.5, 0.6) is 0 Å². The SMILES string of the molecule is CC(C)C1=C([N+](=O)[O-])CC(C)(SC2(CO)NC=CN2)C=C1. The maximum Gasteiger partial charge on any atom is 0.251 e. The lowest BCUT2D eigenvalue weighted by Gasteiger charge is -2.37. The van der Waals surface area contributed by atoms with Gasteiger partial charge in [0, 0.05) is 22.7 Å². The van der Waals surface area contributed by atoms with Crippen molar-refractivity contribution in [3.8, 4) is 0 Å². The number of hydrogen-bond donors (Lipinski definition) is 3. The van der Waals surface area contributed by atoms with E-state index in [1.807, 2.05) is 32.9 Å². The van der Waals surface area contributed by atoms with Crippen molar-refractivity contribution in [3.05, 3.63) is 45.9 Å². The summed E-state index contributed by atoms with van der Waals surface area (Å²) in [5, 5.41) is 27.1. The van der Waals surface area contributed by atoms with Crippen molar-refractivity contribution in [3.63, 3.8) is 0 Å². The molecule has 2 rings (SSSR count). The number of hydrogen-bond acceptors (Lipinski definition) is 6. The topological polar surface area (TPSA) is 87.4 Å². The van der Waals surface area contributed by atoms with Gasteiger partial charge in [-0.3, -0.25) is 10.1 Å². The van der Waals surface area contributed by atoms with Gasteiger partial charge in [0.2, 0.25) is 0 Å². The second kappa shape index (κ2) is 5.73. The van der Waals surface area contributed by atoms with Gasteiger partial charge in [-0.25, -0.2) is 0 Å². The fourth-order valence-electron chi connectivity index (χ4n) is 2.60. The summed E-state index contributed by atoms with van der Waals surface area (Å²) in [6, 6.07) is 0. The van der Waals surface area contributed by atoms with Crippen molar-refractivity contribution in [2.75, 3.05) is 6.61 Å². The van der Waals surface area contributed by atoms with Crippen LogP contribution in [-0.4, -0.2) is 26.4 Å². The fourth-order valence-corrected chi connectivity index (χ4v) is 4.06. The lowest BCUT2D eigenvalue weighted by molar-refractivity contribution is -0.429. The second-order valence-electron chi connectivity index (χ2n) is 5.85. The summed E-state index contributed by atoms with van der Waals surface area (Å²) in [5.74, 6) is 0.118. The number of allylic oxidation sites excluding steroid dienone is 3. The Morgan fingerprint density at radius 1 is 1.48 bits per heavy atom. The number of nitrogens with zero attached hydrogens (tertiary/aromatic N) is 1. The summed E-state index contributed by atoms with van der Waals surface area (Å²) >= 11 is 1.45. The van der Waals surface area contributed by atoms with Gasteiger partial charge in [0.1, 0.15) is 0 Å². The van der Waals surface area contributed by atoms with Crippen LogP contribution in [0.3, 0.4) is 0 Å². The minimum atomic E-state index is -0.726. The smallest absolute Gasteiger partial charge is 0.251 e. The van der Waals surface area contributed by atoms with Crippen molar-refractivity contribution >= 4 is 11.8 Å². The second-order valence-corrected chi connectivity index (χ2v) is 7.68. The summed E-state index contributed by atoms with van der Waals surface area (Å²) in [4.78, 5) is 10.3. The molecule has 0 fully saturated rings. The Labute approximate surface area is 128 Å².